The number of carbonyl (C=O) groups excluding carboxylic acids is 1. The van der Waals surface area contributed by atoms with E-state index in [1.807, 2.05) is 0 Å². The van der Waals surface area contributed by atoms with E-state index >= 15 is 0 Å². The number of carbonyl (C=O) groups is 1. The zero-order valence-electron chi connectivity index (χ0n) is 10.7. The van der Waals surface area contributed by atoms with E-state index in [4.69, 9.17) is 17.3 Å². The number of pyridine rings is 1. The number of nitrogens with zero attached hydrogens (tertiary/aromatic N) is 1. The minimum Gasteiger partial charge on any atom is -0.383 e. The van der Waals surface area contributed by atoms with Crippen LogP contribution in [0.3, 0.4) is 0 Å². The number of rotatable bonds is 3. The molecular formula is C14H19ClN2O. The van der Waals surface area contributed by atoms with Crippen LogP contribution in [0.5, 0.6) is 0 Å². The number of Topliss-reactive ketones (excluding diaryl/α,β-unsaturated/α-hetero) is 1. The Morgan fingerprint density at radius 1 is 1.56 bits per heavy atom. The van der Waals surface area contributed by atoms with Gasteiger partial charge in [0.2, 0.25) is 0 Å². The lowest BCUT2D eigenvalue weighted by atomic mass is 9.77. The number of nitrogens with two attached hydrogens (primary N) is 1. The van der Waals surface area contributed by atoms with Gasteiger partial charge in [-0.3, -0.25) is 4.79 Å². The van der Waals surface area contributed by atoms with Gasteiger partial charge in [-0.05, 0) is 24.8 Å². The van der Waals surface area contributed by atoms with Crippen LogP contribution in [-0.2, 0) is 0 Å². The highest BCUT2D eigenvalue weighted by Crippen LogP contribution is 2.34. The number of nitrogen functional groups attached to an aromatic ring is 1. The molecule has 2 N–H and O–H groups in total. The van der Waals surface area contributed by atoms with Crippen LogP contribution < -0.4 is 5.73 Å². The molecule has 0 saturated heterocycles. The zero-order valence-corrected chi connectivity index (χ0v) is 11.4. The summed E-state index contributed by atoms with van der Waals surface area (Å²) in [6.45, 7) is 2.19. The average molecular weight is 267 g/mol. The Bertz CT molecular complexity index is 447. The van der Waals surface area contributed by atoms with Gasteiger partial charge in [-0.1, -0.05) is 37.8 Å². The van der Waals surface area contributed by atoms with Crippen LogP contribution in [0.4, 0.5) is 5.82 Å². The first-order chi connectivity index (χ1) is 8.61. The van der Waals surface area contributed by atoms with Gasteiger partial charge in [0, 0.05) is 12.1 Å². The molecule has 3 nitrogen and oxygen atoms in total. The molecule has 1 heterocycles. The molecule has 98 valence electrons. The second-order valence-corrected chi connectivity index (χ2v) is 5.52. The Kier molecular flexibility index (Phi) is 4.23. The maximum Gasteiger partial charge on any atom is 0.169 e. The summed E-state index contributed by atoms with van der Waals surface area (Å²) in [7, 11) is 0. The molecule has 1 aromatic rings. The average Bonchev–Trinajstić information content (AvgIpc) is 2.41. The van der Waals surface area contributed by atoms with Gasteiger partial charge in [0.15, 0.2) is 5.78 Å². The maximum absolute atomic E-state index is 12.5. The van der Waals surface area contributed by atoms with Crippen LogP contribution in [0.25, 0.3) is 0 Å². The zero-order chi connectivity index (χ0) is 13.1. The standard InChI is InChI=1S/C14H19ClN2O/c1-2-9-4-3-5-10(6-9)13(18)12-7-11(15)8-17-14(12)16/h7-10H,2-6H2,1H3,(H2,16,17). The molecule has 1 aliphatic carbocycles. The molecule has 0 radical (unpaired) electrons. The van der Waals surface area contributed by atoms with E-state index in [0.29, 0.717) is 22.3 Å². The van der Waals surface area contributed by atoms with Gasteiger partial charge in [-0.25, -0.2) is 4.98 Å². The summed E-state index contributed by atoms with van der Waals surface area (Å²) < 4.78 is 0. The Morgan fingerprint density at radius 2 is 2.33 bits per heavy atom. The van der Waals surface area contributed by atoms with Crippen molar-refractivity contribution in [3.8, 4) is 0 Å². The monoisotopic (exact) mass is 266 g/mol. The van der Waals surface area contributed by atoms with Crippen molar-refractivity contribution in [1.29, 1.82) is 0 Å². The normalized spacial score (nSPS) is 23.9. The van der Waals surface area contributed by atoms with Crippen LogP contribution in [0.1, 0.15) is 49.4 Å². The largest absolute Gasteiger partial charge is 0.383 e. The van der Waals surface area contributed by atoms with Gasteiger partial charge in [-0.15, -0.1) is 0 Å². The van der Waals surface area contributed by atoms with E-state index in [1.54, 1.807) is 6.07 Å². The van der Waals surface area contributed by atoms with Crippen molar-refractivity contribution in [3.05, 3.63) is 22.8 Å². The molecule has 18 heavy (non-hydrogen) atoms. The molecule has 1 fully saturated rings. The fourth-order valence-corrected chi connectivity index (χ4v) is 2.92. The molecule has 0 aromatic carbocycles. The third kappa shape index (κ3) is 2.83. The van der Waals surface area contributed by atoms with Gasteiger partial charge >= 0.3 is 0 Å². The second-order valence-electron chi connectivity index (χ2n) is 5.09. The molecule has 0 bridgehead atoms. The Hall–Kier alpha value is -1.09. The van der Waals surface area contributed by atoms with Crippen LogP contribution in [0, 0.1) is 11.8 Å². The van der Waals surface area contributed by atoms with E-state index in [-0.39, 0.29) is 11.7 Å². The molecule has 0 amide bonds. The second kappa shape index (κ2) is 5.70. The lowest BCUT2D eigenvalue weighted by Crippen LogP contribution is -2.23. The van der Waals surface area contributed by atoms with Crippen LogP contribution in [0.15, 0.2) is 12.3 Å². The highest BCUT2D eigenvalue weighted by molar-refractivity contribution is 6.31. The summed E-state index contributed by atoms with van der Waals surface area (Å²) in [5.41, 5.74) is 6.26. The van der Waals surface area contributed by atoms with Crippen LogP contribution >= 0.6 is 11.6 Å². The molecule has 0 aliphatic heterocycles. The third-order valence-corrected chi connectivity index (χ3v) is 4.09. The van der Waals surface area contributed by atoms with Crippen molar-refractivity contribution in [1.82, 2.24) is 4.98 Å². The van der Waals surface area contributed by atoms with Crippen molar-refractivity contribution in [2.75, 3.05) is 5.73 Å². The van der Waals surface area contributed by atoms with E-state index in [1.165, 1.54) is 12.6 Å². The quantitative estimate of drug-likeness (QED) is 0.849. The first-order valence-corrected chi connectivity index (χ1v) is 6.94. The Morgan fingerprint density at radius 3 is 3.06 bits per heavy atom. The lowest BCUT2D eigenvalue weighted by Gasteiger charge is -2.27. The SMILES string of the molecule is CCC1CCCC(C(=O)c2cc(Cl)cnc2N)C1. The summed E-state index contributed by atoms with van der Waals surface area (Å²) >= 11 is 5.89. The molecule has 2 atom stereocenters. The van der Waals surface area contributed by atoms with Gasteiger partial charge in [-0.2, -0.15) is 0 Å². The van der Waals surface area contributed by atoms with Gasteiger partial charge in [0.25, 0.3) is 0 Å². The fraction of sp³-hybridized carbons (Fsp3) is 0.571. The molecule has 2 unspecified atom stereocenters. The van der Waals surface area contributed by atoms with E-state index in [0.717, 1.165) is 25.7 Å². The summed E-state index contributed by atoms with van der Waals surface area (Å²) in [6.07, 6.45) is 6.92. The minimum absolute atomic E-state index is 0.0891. The van der Waals surface area contributed by atoms with Gasteiger partial charge in [0.05, 0.1) is 10.6 Å². The van der Waals surface area contributed by atoms with Gasteiger partial charge in [0.1, 0.15) is 5.82 Å². The molecule has 1 aromatic heterocycles. The smallest absolute Gasteiger partial charge is 0.169 e. The Balaban J connectivity index is 2.17. The van der Waals surface area contributed by atoms with Crippen molar-refractivity contribution in [2.24, 2.45) is 11.8 Å². The first-order valence-electron chi connectivity index (χ1n) is 6.57. The van der Waals surface area contributed by atoms with E-state index < -0.39 is 0 Å². The maximum atomic E-state index is 12.5. The summed E-state index contributed by atoms with van der Waals surface area (Å²) in [6, 6.07) is 1.64. The third-order valence-electron chi connectivity index (χ3n) is 3.88. The lowest BCUT2D eigenvalue weighted by molar-refractivity contribution is 0.0862. The number of anilines is 1. The molecule has 4 heteroatoms. The molecule has 0 spiro atoms. The summed E-state index contributed by atoms with van der Waals surface area (Å²) in [4.78, 5) is 16.4. The van der Waals surface area contributed by atoms with E-state index in [9.17, 15) is 4.79 Å². The number of hydrogen-bond acceptors (Lipinski definition) is 3. The highest BCUT2D eigenvalue weighted by Gasteiger charge is 2.28. The fourth-order valence-electron chi connectivity index (χ4n) is 2.77. The van der Waals surface area contributed by atoms with Crippen molar-refractivity contribution < 1.29 is 4.79 Å². The summed E-state index contributed by atoms with van der Waals surface area (Å²) in [5.74, 6) is 1.16. The van der Waals surface area contributed by atoms with Crippen LogP contribution in [0.2, 0.25) is 5.02 Å². The van der Waals surface area contributed by atoms with Crippen LogP contribution in [-0.4, -0.2) is 10.8 Å². The summed E-state index contributed by atoms with van der Waals surface area (Å²) in [5, 5.41) is 0.468. The molecule has 1 saturated carbocycles. The number of ketones is 1. The van der Waals surface area contributed by atoms with Gasteiger partial charge < -0.3 is 5.73 Å². The topological polar surface area (TPSA) is 56.0 Å². The first kappa shape index (κ1) is 13.3. The molecular weight excluding hydrogens is 248 g/mol. The number of aromatic nitrogens is 1. The predicted octanol–water partition coefficient (Wildman–Crippen LogP) is 3.72. The van der Waals surface area contributed by atoms with Crippen molar-refractivity contribution in [3.63, 3.8) is 0 Å². The molecule has 2 rings (SSSR count). The number of hydrogen-bond donors (Lipinski definition) is 1. The van der Waals surface area contributed by atoms with E-state index in [2.05, 4.69) is 11.9 Å². The minimum atomic E-state index is 0.0891. The molecule has 1 aliphatic rings. The Labute approximate surface area is 113 Å². The van der Waals surface area contributed by atoms with Crippen molar-refractivity contribution in [2.45, 2.75) is 39.0 Å². The number of halogens is 1. The highest BCUT2D eigenvalue weighted by atomic mass is 35.5. The predicted molar refractivity (Wildman–Crippen MR) is 73.7 cm³/mol. The van der Waals surface area contributed by atoms with Crippen molar-refractivity contribution >= 4 is 23.2 Å².